The van der Waals surface area contributed by atoms with Gasteiger partial charge in [0.2, 0.25) is 0 Å². The van der Waals surface area contributed by atoms with E-state index in [1.54, 1.807) is 35.6 Å². The van der Waals surface area contributed by atoms with Crippen molar-refractivity contribution in [3.8, 4) is 22.9 Å². The largest absolute Gasteiger partial charge is 0.489 e. The number of fused-ring (bicyclic) bond motifs is 1. The van der Waals surface area contributed by atoms with E-state index in [2.05, 4.69) is 20.4 Å². The topological polar surface area (TPSA) is 116 Å². The van der Waals surface area contributed by atoms with E-state index >= 15 is 0 Å². The van der Waals surface area contributed by atoms with Crippen molar-refractivity contribution < 1.29 is 14.1 Å². The Hall–Kier alpha value is -3.16. The van der Waals surface area contributed by atoms with E-state index in [0.717, 1.165) is 55.7 Å². The van der Waals surface area contributed by atoms with E-state index in [4.69, 9.17) is 9.72 Å². The maximum atomic E-state index is 12.0. The summed E-state index contributed by atoms with van der Waals surface area (Å²) in [5, 5.41) is 24.0. The zero-order valence-electron chi connectivity index (χ0n) is 19.3. The highest BCUT2D eigenvalue weighted by atomic mass is 32.2. The summed E-state index contributed by atoms with van der Waals surface area (Å²) in [5.41, 5.74) is 2.08. The zero-order chi connectivity index (χ0) is 23.9. The molecule has 4 heterocycles. The Morgan fingerprint density at radius 2 is 2.06 bits per heavy atom. The Morgan fingerprint density at radius 1 is 1.29 bits per heavy atom. The van der Waals surface area contributed by atoms with Gasteiger partial charge in [-0.2, -0.15) is 10.4 Å². The number of anilines is 1. The SMILES string of the molecule is CS(C)(=O)=NC1CCN(c2ccc(-c3cc(OCC4(O)CC4)cn4ncc(C#N)c34)cn2)CC1. The van der Waals surface area contributed by atoms with Crippen LogP contribution in [0.25, 0.3) is 16.6 Å². The van der Waals surface area contributed by atoms with Gasteiger partial charge in [0.15, 0.2) is 0 Å². The minimum absolute atomic E-state index is 0.133. The Kier molecular flexibility index (Phi) is 5.70. The van der Waals surface area contributed by atoms with Gasteiger partial charge in [-0.15, -0.1) is 0 Å². The molecule has 9 nitrogen and oxygen atoms in total. The number of hydrogen-bond acceptors (Lipinski definition) is 8. The van der Waals surface area contributed by atoms with Crippen LogP contribution < -0.4 is 9.64 Å². The molecule has 2 fully saturated rings. The smallest absolute Gasteiger partial charge is 0.138 e. The van der Waals surface area contributed by atoms with Crippen LogP contribution in [0.4, 0.5) is 5.82 Å². The summed E-state index contributed by atoms with van der Waals surface area (Å²) >= 11 is 0. The van der Waals surface area contributed by atoms with Gasteiger partial charge in [0.1, 0.15) is 24.2 Å². The number of aliphatic hydroxyl groups is 1. The number of hydrogen-bond donors (Lipinski definition) is 1. The summed E-state index contributed by atoms with van der Waals surface area (Å²) in [6.45, 7) is 1.86. The van der Waals surface area contributed by atoms with Crippen LogP contribution in [0.5, 0.6) is 5.75 Å². The third-order valence-electron chi connectivity index (χ3n) is 6.29. The molecule has 1 aliphatic carbocycles. The van der Waals surface area contributed by atoms with E-state index in [1.807, 2.05) is 18.2 Å². The standard InChI is InChI=1S/C24H28N6O3S/c1-34(2,32)28-19-5-9-29(10-6-19)22-4-3-17(13-26-22)21-11-20(33-16-24(31)7-8-24)15-30-23(21)18(12-25)14-27-30/h3-4,11,13-15,19,31H,5-10,16H2,1-2H3. The fourth-order valence-corrected chi connectivity index (χ4v) is 5.20. The highest BCUT2D eigenvalue weighted by Gasteiger charge is 2.41. The molecule has 3 aromatic heterocycles. The van der Waals surface area contributed by atoms with Gasteiger partial charge >= 0.3 is 0 Å². The van der Waals surface area contributed by atoms with Gasteiger partial charge in [0.25, 0.3) is 0 Å². The first-order valence-corrected chi connectivity index (χ1v) is 13.7. The predicted molar refractivity (Wildman–Crippen MR) is 130 cm³/mol. The molecule has 1 N–H and O–H groups in total. The van der Waals surface area contributed by atoms with Crippen LogP contribution in [0.3, 0.4) is 0 Å². The van der Waals surface area contributed by atoms with Crippen LogP contribution in [0.1, 0.15) is 31.2 Å². The molecular weight excluding hydrogens is 452 g/mol. The van der Waals surface area contributed by atoms with Crippen molar-refractivity contribution in [2.45, 2.75) is 37.3 Å². The summed E-state index contributed by atoms with van der Waals surface area (Å²) < 4.78 is 23.9. The predicted octanol–water partition coefficient (Wildman–Crippen LogP) is 2.87. The zero-order valence-corrected chi connectivity index (χ0v) is 20.2. The molecule has 0 amide bonds. The Labute approximate surface area is 199 Å². The number of piperidine rings is 1. The van der Waals surface area contributed by atoms with Crippen LogP contribution in [-0.4, -0.2) is 67.8 Å². The molecule has 1 saturated heterocycles. The van der Waals surface area contributed by atoms with Gasteiger partial charge < -0.3 is 14.7 Å². The van der Waals surface area contributed by atoms with Crippen molar-refractivity contribution in [2.75, 3.05) is 37.1 Å². The van der Waals surface area contributed by atoms with Crippen molar-refractivity contribution in [3.63, 3.8) is 0 Å². The van der Waals surface area contributed by atoms with Crippen LogP contribution in [0, 0.1) is 11.3 Å². The molecule has 0 radical (unpaired) electrons. The lowest BCUT2D eigenvalue weighted by atomic mass is 10.0. The second kappa shape index (κ2) is 8.56. The molecule has 0 atom stereocenters. The first kappa shape index (κ1) is 22.6. The van der Waals surface area contributed by atoms with E-state index in [-0.39, 0.29) is 12.6 Å². The number of nitrogens with zero attached hydrogens (tertiary/aromatic N) is 6. The van der Waals surface area contributed by atoms with Gasteiger partial charge in [-0.1, -0.05) is 0 Å². The fraction of sp³-hybridized carbons (Fsp3) is 0.458. The maximum Gasteiger partial charge on any atom is 0.138 e. The van der Waals surface area contributed by atoms with Crippen LogP contribution in [0.15, 0.2) is 41.2 Å². The molecule has 0 bridgehead atoms. The molecule has 0 aromatic carbocycles. The Balaban J connectivity index is 1.39. The highest BCUT2D eigenvalue weighted by Crippen LogP contribution is 2.37. The molecule has 1 aliphatic heterocycles. The highest BCUT2D eigenvalue weighted by molar-refractivity contribution is 7.92. The number of aromatic nitrogens is 3. The van der Waals surface area contributed by atoms with Crippen molar-refractivity contribution in [1.29, 1.82) is 5.26 Å². The molecule has 34 heavy (non-hydrogen) atoms. The molecule has 0 unspecified atom stereocenters. The summed E-state index contributed by atoms with van der Waals surface area (Å²) in [6, 6.07) is 8.19. The van der Waals surface area contributed by atoms with E-state index < -0.39 is 15.3 Å². The van der Waals surface area contributed by atoms with Crippen molar-refractivity contribution >= 4 is 21.1 Å². The molecule has 2 aliphatic rings. The summed E-state index contributed by atoms with van der Waals surface area (Å²) in [6.07, 6.45) is 11.6. The van der Waals surface area contributed by atoms with Gasteiger partial charge in [-0.25, -0.2) is 13.9 Å². The molecule has 3 aromatic rings. The Bertz CT molecular complexity index is 1360. The van der Waals surface area contributed by atoms with E-state index in [0.29, 0.717) is 16.8 Å². The van der Waals surface area contributed by atoms with Crippen molar-refractivity contribution in [2.24, 2.45) is 4.36 Å². The summed E-state index contributed by atoms with van der Waals surface area (Å²) in [4.78, 5) is 6.91. The average Bonchev–Trinajstić information content (AvgIpc) is 3.41. The summed E-state index contributed by atoms with van der Waals surface area (Å²) in [5.74, 6) is 1.46. The second-order valence-electron chi connectivity index (χ2n) is 9.48. The van der Waals surface area contributed by atoms with Crippen molar-refractivity contribution in [3.05, 3.63) is 42.4 Å². The molecular formula is C24H28N6O3S. The van der Waals surface area contributed by atoms with Gasteiger partial charge in [0, 0.05) is 52.7 Å². The van der Waals surface area contributed by atoms with Crippen molar-refractivity contribution in [1.82, 2.24) is 14.6 Å². The molecule has 178 valence electrons. The molecule has 5 rings (SSSR count). The third kappa shape index (κ3) is 4.86. The van der Waals surface area contributed by atoms with Crippen LogP contribution in [0.2, 0.25) is 0 Å². The molecule has 0 spiro atoms. The number of ether oxygens (including phenoxy) is 1. The average molecular weight is 481 g/mol. The molecule has 1 saturated carbocycles. The van der Waals surface area contributed by atoms with Gasteiger partial charge in [0.05, 0.1) is 35.1 Å². The lowest BCUT2D eigenvalue weighted by molar-refractivity contribution is 0.0854. The first-order valence-electron chi connectivity index (χ1n) is 11.4. The second-order valence-corrected chi connectivity index (χ2v) is 12.0. The van der Waals surface area contributed by atoms with Gasteiger partial charge in [-0.3, -0.25) is 4.21 Å². The summed E-state index contributed by atoms with van der Waals surface area (Å²) in [7, 11) is -2.09. The van der Waals surface area contributed by atoms with E-state index in [9.17, 15) is 14.6 Å². The minimum atomic E-state index is -2.09. The van der Waals surface area contributed by atoms with Crippen LogP contribution in [-0.2, 0) is 9.73 Å². The minimum Gasteiger partial charge on any atom is -0.489 e. The molecule has 10 heteroatoms. The number of pyridine rings is 2. The first-order chi connectivity index (χ1) is 16.2. The van der Waals surface area contributed by atoms with Crippen LogP contribution >= 0.6 is 0 Å². The number of nitriles is 1. The third-order valence-corrected chi connectivity index (χ3v) is 7.10. The van der Waals surface area contributed by atoms with Gasteiger partial charge in [-0.05, 0) is 43.9 Å². The lowest BCUT2D eigenvalue weighted by Gasteiger charge is -2.31. The van der Waals surface area contributed by atoms with E-state index in [1.165, 1.54) is 0 Å². The Morgan fingerprint density at radius 3 is 2.68 bits per heavy atom. The number of rotatable bonds is 6. The fourth-order valence-electron chi connectivity index (χ4n) is 4.28. The maximum absolute atomic E-state index is 12.0. The lowest BCUT2D eigenvalue weighted by Crippen LogP contribution is -2.36. The normalized spacial score (nSPS) is 18.0. The monoisotopic (exact) mass is 480 g/mol. The quantitative estimate of drug-likeness (QED) is 0.577.